The molecule has 0 amide bonds. The number of pyridine rings is 1. The standard InChI is InChI=1S/C22H34.C12H15NS.CH4/c1-16-11-13-22(5)18(3)12-14-21(4)17(2)9-10-19(21)7-6-8-20(22)15-16;1-4-7-11-10(5-2)8-9-13-12(11)14-6-3;/h11,13,15,17-19H,1,6-10,12,14H2,2-5H3;4-5,7-9H,2,6H2,1,3H3;1H4/b;7-4-;. The van der Waals surface area contributed by atoms with Crippen molar-refractivity contribution in [3.05, 3.63) is 72.0 Å². The van der Waals surface area contributed by atoms with E-state index < -0.39 is 0 Å². The van der Waals surface area contributed by atoms with Crippen LogP contribution in [0.4, 0.5) is 0 Å². The topological polar surface area (TPSA) is 12.9 Å². The first-order valence-corrected chi connectivity index (χ1v) is 15.1. The van der Waals surface area contributed by atoms with Crippen LogP contribution in [0.3, 0.4) is 0 Å². The van der Waals surface area contributed by atoms with Crippen molar-refractivity contribution in [2.24, 2.45) is 28.6 Å². The number of allylic oxidation sites excluding steroid dienone is 6. The van der Waals surface area contributed by atoms with Crippen LogP contribution in [0.5, 0.6) is 0 Å². The molecule has 204 valence electrons. The zero-order chi connectivity index (χ0) is 26.3. The van der Waals surface area contributed by atoms with Gasteiger partial charge in [0.25, 0.3) is 0 Å². The molecule has 0 radical (unpaired) electrons. The van der Waals surface area contributed by atoms with E-state index in [4.69, 9.17) is 0 Å². The fourth-order valence-electron chi connectivity index (χ4n) is 6.67. The van der Waals surface area contributed by atoms with Crippen LogP contribution in [0.15, 0.2) is 65.9 Å². The molecule has 0 aliphatic heterocycles. The molecule has 3 aliphatic rings. The van der Waals surface area contributed by atoms with E-state index >= 15 is 0 Å². The van der Waals surface area contributed by atoms with Crippen LogP contribution < -0.4 is 0 Å². The summed E-state index contributed by atoms with van der Waals surface area (Å²) in [5, 5.41) is 1.09. The fraction of sp³-hybridized carbons (Fsp3) is 0.571. The summed E-state index contributed by atoms with van der Waals surface area (Å²) in [7, 11) is 0. The molecule has 3 aliphatic carbocycles. The molecule has 2 saturated carbocycles. The van der Waals surface area contributed by atoms with Crippen LogP contribution >= 0.6 is 11.8 Å². The molecule has 1 aromatic heterocycles. The van der Waals surface area contributed by atoms with Gasteiger partial charge >= 0.3 is 0 Å². The van der Waals surface area contributed by atoms with Gasteiger partial charge in [0, 0.05) is 17.2 Å². The lowest BCUT2D eigenvalue weighted by Crippen LogP contribution is -2.33. The summed E-state index contributed by atoms with van der Waals surface area (Å²) >= 11 is 1.76. The highest BCUT2D eigenvalue weighted by Gasteiger charge is 2.45. The predicted octanol–water partition coefficient (Wildman–Crippen LogP) is 11.2. The molecule has 0 N–H and O–H groups in total. The Labute approximate surface area is 233 Å². The SMILES string of the molecule is C.C=C1C=CC2(C)C(=C1)CCCC1CCC(C)C1(C)CCC2C.C=Cc1ccnc(SCC)c1/C=C\C. The first-order valence-electron chi connectivity index (χ1n) is 14.2. The van der Waals surface area contributed by atoms with Gasteiger partial charge in [-0.1, -0.05) is 97.2 Å². The first kappa shape index (κ1) is 31.4. The van der Waals surface area contributed by atoms with Crippen molar-refractivity contribution in [3.63, 3.8) is 0 Å². The largest absolute Gasteiger partial charge is 0.249 e. The van der Waals surface area contributed by atoms with E-state index in [1.807, 2.05) is 31.3 Å². The molecule has 0 aromatic carbocycles. The fourth-order valence-corrected chi connectivity index (χ4v) is 7.42. The average Bonchev–Trinajstić information content (AvgIpc) is 3.14. The molecule has 4 rings (SSSR count). The third-order valence-corrected chi connectivity index (χ3v) is 10.5. The van der Waals surface area contributed by atoms with Crippen LogP contribution in [0.2, 0.25) is 0 Å². The second kappa shape index (κ2) is 13.8. The van der Waals surface area contributed by atoms with Gasteiger partial charge in [-0.2, -0.15) is 0 Å². The van der Waals surface area contributed by atoms with Gasteiger partial charge in [0.1, 0.15) is 5.03 Å². The molecular weight excluding hydrogens is 466 g/mol. The minimum atomic E-state index is 0. The summed E-state index contributed by atoms with van der Waals surface area (Å²) < 4.78 is 0. The molecule has 1 aromatic rings. The highest BCUT2D eigenvalue weighted by atomic mass is 32.2. The zero-order valence-corrected chi connectivity index (χ0v) is 24.6. The first-order chi connectivity index (χ1) is 17.2. The second-order valence-corrected chi connectivity index (χ2v) is 12.9. The van der Waals surface area contributed by atoms with Gasteiger partial charge in [0.05, 0.1) is 0 Å². The lowest BCUT2D eigenvalue weighted by molar-refractivity contribution is 0.115. The average molecular weight is 520 g/mol. The molecule has 37 heavy (non-hydrogen) atoms. The molecule has 1 nitrogen and oxygen atoms in total. The minimum absolute atomic E-state index is 0. The number of hydrogen-bond acceptors (Lipinski definition) is 2. The van der Waals surface area contributed by atoms with Crippen molar-refractivity contribution in [2.75, 3.05) is 5.75 Å². The Morgan fingerprint density at radius 2 is 1.89 bits per heavy atom. The molecule has 5 unspecified atom stereocenters. The number of hydrogen-bond donors (Lipinski definition) is 0. The Morgan fingerprint density at radius 3 is 2.57 bits per heavy atom. The van der Waals surface area contributed by atoms with E-state index in [0.29, 0.717) is 5.41 Å². The number of rotatable bonds is 4. The lowest BCUT2D eigenvalue weighted by atomic mass is 9.61. The van der Waals surface area contributed by atoms with E-state index in [9.17, 15) is 0 Å². The highest BCUT2D eigenvalue weighted by molar-refractivity contribution is 7.99. The van der Waals surface area contributed by atoms with Gasteiger partial charge in [0.2, 0.25) is 0 Å². The summed E-state index contributed by atoms with van der Waals surface area (Å²) in [6.07, 6.45) is 24.7. The molecule has 1 heterocycles. The van der Waals surface area contributed by atoms with E-state index in [2.05, 4.69) is 77.1 Å². The van der Waals surface area contributed by atoms with Crippen LogP contribution in [0.25, 0.3) is 12.2 Å². The third-order valence-electron chi connectivity index (χ3n) is 9.66. The molecule has 0 bridgehead atoms. The van der Waals surface area contributed by atoms with Crippen molar-refractivity contribution < 1.29 is 0 Å². The quantitative estimate of drug-likeness (QED) is 0.367. The van der Waals surface area contributed by atoms with E-state index in [0.717, 1.165) is 34.1 Å². The summed E-state index contributed by atoms with van der Waals surface area (Å²) in [6.45, 7) is 22.2. The smallest absolute Gasteiger partial charge is 0.104 e. The Balaban J connectivity index is 0.000000280. The summed E-state index contributed by atoms with van der Waals surface area (Å²) in [6, 6.07) is 1.99. The lowest BCUT2D eigenvalue weighted by Gasteiger charge is -2.43. The van der Waals surface area contributed by atoms with Crippen molar-refractivity contribution in [1.29, 1.82) is 0 Å². The van der Waals surface area contributed by atoms with Crippen molar-refractivity contribution in [1.82, 2.24) is 4.98 Å². The summed E-state index contributed by atoms with van der Waals surface area (Å²) in [5.74, 6) is 3.64. The number of nitrogens with zero attached hydrogens (tertiary/aromatic N) is 1. The van der Waals surface area contributed by atoms with Crippen molar-refractivity contribution in [3.8, 4) is 0 Å². The van der Waals surface area contributed by atoms with Crippen LogP contribution in [-0.4, -0.2) is 10.7 Å². The normalized spacial score (nSPS) is 31.4. The molecule has 2 fully saturated rings. The predicted molar refractivity (Wildman–Crippen MR) is 169 cm³/mol. The minimum Gasteiger partial charge on any atom is -0.249 e. The number of aromatic nitrogens is 1. The van der Waals surface area contributed by atoms with Gasteiger partial charge in [0.15, 0.2) is 0 Å². The van der Waals surface area contributed by atoms with Crippen LogP contribution in [0.1, 0.15) is 105 Å². The van der Waals surface area contributed by atoms with Gasteiger partial charge < -0.3 is 0 Å². The number of fused-ring (bicyclic) bond motifs is 2. The van der Waals surface area contributed by atoms with Gasteiger partial charge in [-0.25, -0.2) is 4.98 Å². The zero-order valence-electron chi connectivity index (χ0n) is 23.8. The Kier molecular flexibility index (Phi) is 11.7. The molecular formula is C35H53NS. The van der Waals surface area contributed by atoms with E-state index in [-0.39, 0.29) is 12.8 Å². The van der Waals surface area contributed by atoms with Crippen LogP contribution in [0, 0.1) is 28.6 Å². The highest BCUT2D eigenvalue weighted by Crippen LogP contribution is 2.55. The van der Waals surface area contributed by atoms with E-state index in [1.54, 1.807) is 17.3 Å². The van der Waals surface area contributed by atoms with E-state index in [1.165, 1.54) is 56.1 Å². The molecule has 5 atom stereocenters. The Morgan fingerprint density at radius 1 is 1.14 bits per heavy atom. The molecule has 0 saturated heterocycles. The van der Waals surface area contributed by atoms with Gasteiger partial charge in [-0.15, -0.1) is 11.8 Å². The van der Waals surface area contributed by atoms with Gasteiger partial charge in [-0.05, 0) is 98.0 Å². The van der Waals surface area contributed by atoms with Crippen molar-refractivity contribution in [2.45, 2.75) is 98.9 Å². The second-order valence-electron chi connectivity index (χ2n) is 11.6. The molecule has 0 spiro atoms. The maximum absolute atomic E-state index is 4.36. The molecule has 2 heteroatoms. The number of thioether (sulfide) groups is 1. The monoisotopic (exact) mass is 519 g/mol. The van der Waals surface area contributed by atoms with Crippen LogP contribution in [-0.2, 0) is 0 Å². The summed E-state index contributed by atoms with van der Waals surface area (Å²) in [4.78, 5) is 4.36. The van der Waals surface area contributed by atoms with Gasteiger partial charge in [-0.3, -0.25) is 0 Å². The Bertz CT molecular complexity index is 1010. The third kappa shape index (κ3) is 6.99. The maximum Gasteiger partial charge on any atom is 0.104 e. The summed E-state index contributed by atoms with van der Waals surface area (Å²) in [5.41, 5.74) is 6.00. The maximum atomic E-state index is 4.36. The van der Waals surface area contributed by atoms with Crippen molar-refractivity contribution >= 4 is 23.9 Å². The Hall–Kier alpha value is -1.80.